The van der Waals surface area contributed by atoms with Crippen LogP contribution in [0.5, 0.6) is 0 Å². The number of anilines is 2. The van der Waals surface area contributed by atoms with E-state index in [2.05, 4.69) is 20.9 Å². The van der Waals surface area contributed by atoms with E-state index in [9.17, 15) is 8.78 Å². The lowest BCUT2D eigenvalue weighted by atomic mass is 10.1. The summed E-state index contributed by atoms with van der Waals surface area (Å²) in [6.07, 6.45) is 0. The second-order valence-electron chi connectivity index (χ2n) is 6.48. The van der Waals surface area contributed by atoms with Crippen molar-refractivity contribution in [2.45, 2.75) is 6.92 Å². The lowest BCUT2D eigenvalue weighted by molar-refractivity contribution is -0.330. The highest BCUT2D eigenvalue weighted by molar-refractivity contribution is 5.80. The number of nitrogens with zero attached hydrogens (tertiary/aromatic N) is 2. The summed E-state index contributed by atoms with van der Waals surface area (Å²) in [4.78, 5) is 7.98. The van der Waals surface area contributed by atoms with Gasteiger partial charge in [-0.3, -0.25) is 4.90 Å². The first-order valence-corrected chi connectivity index (χ1v) is 8.48. The fourth-order valence-corrected chi connectivity index (χ4v) is 3.44. The summed E-state index contributed by atoms with van der Waals surface area (Å²) in [6, 6.07) is 13.6. The predicted octanol–water partition coefficient (Wildman–Crippen LogP) is 3.57. The monoisotopic (exact) mass is 340 g/mol. The number of piperazine rings is 1. The Morgan fingerprint density at radius 1 is 0.800 bits per heavy atom. The molecule has 1 saturated heterocycles. The van der Waals surface area contributed by atoms with Gasteiger partial charge in [0.25, 0.3) is 5.82 Å². The van der Waals surface area contributed by atoms with Crippen molar-refractivity contribution in [3.05, 3.63) is 65.7 Å². The van der Waals surface area contributed by atoms with Crippen LogP contribution in [0.4, 0.5) is 20.3 Å². The zero-order valence-corrected chi connectivity index (χ0v) is 14.1. The molecule has 25 heavy (non-hydrogen) atoms. The fourth-order valence-electron chi connectivity index (χ4n) is 3.44. The molecule has 128 valence electrons. The number of aromatic nitrogens is 1. The minimum atomic E-state index is -0.218. The Kier molecular flexibility index (Phi) is 3.99. The molecule has 4 rings (SSSR count). The topological polar surface area (TPSA) is 20.6 Å². The van der Waals surface area contributed by atoms with Gasteiger partial charge in [0.05, 0.1) is 13.1 Å². The van der Waals surface area contributed by atoms with Crippen molar-refractivity contribution in [1.82, 2.24) is 0 Å². The first-order valence-electron chi connectivity index (χ1n) is 8.48. The number of halogens is 2. The molecular weight excluding hydrogens is 320 g/mol. The number of aromatic amines is 1. The zero-order valence-electron chi connectivity index (χ0n) is 14.1. The van der Waals surface area contributed by atoms with Crippen LogP contribution in [-0.2, 0) is 0 Å². The Morgan fingerprint density at radius 2 is 1.44 bits per heavy atom. The minimum Gasteiger partial charge on any atom is -0.364 e. The summed E-state index contributed by atoms with van der Waals surface area (Å²) in [7, 11) is 0. The molecule has 0 spiro atoms. The smallest absolute Gasteiger partial charge is 0.275 e. The highest BCUT2D eigenvalue weighted by Gasteiger charge is 2.24. The van der Waals surface area contributed by atoms with Crippen molar-refractivity contribution in [2.75, 3.05) is 36.0 Å². The van der Waals surface area contributed by atoms with Gasteiger partial charge in [-0.2, -0.15) is 0 Å². The van der Waals surface area contributed by atoms with Crippen molar-refractivity contribution in [1.29, 1.82) is 0 Å². The van der Waals surface area contributed by atoms with Crippen LogP contribution in [0.25, 0.3) is 10.9 Å². The van der Waals surface area contributed by atoms with Gasteiger partial charge >= 0.3 is 0 Å². The predicted molar refractivity (Wildman–Crippen MR) is 96.0 cm³/mol. The molecule has 0 bridgehead atoms. The third-order valence-corrected chi connectivity index (χ3v) is 4.83. The molecule has 0 amide bonds. The molecule has 0 unspecified atom stereocenters. The van der Waals surface area contributed by atoms with E-state index in [1.54, 1.807) is 12.1 Å². The van der Waals surface area contributed by atoms with E-state index in [-0.39, 0.29) is 11.6 Å². The molecule has 0 aliphatic carbocycles. The molecule has 1 aliphatic rings. The number of fused-ring (bicyclic) bond motifs is 1. The lowest BCUT2D eigenvalue weighted by Crippen LogP contribution is -2.48. The van der Waals surface area contributed by atoms with E-state index in [0.29, 0.717) is 0 Å². The van der Waals surface area contributed by atoms with Crippen LogP contribution < -0.4 is 14.8 Å². The highest BCUT2D eigenvalue weighted by Crippen LogP contribution is 2.22. The Hall–Kier alpha value is -2.69. The molecule has 0 saturated carbocycles. The molecule has 2 aromatic carbocycles. The van der Waals surface area contributed by atoms with Gasteiger partial charge in [-0.15, -0.1) is 0 Å². The van der Waals surface area contributed by atoms with Gasteiger partial charge in [0.15, 0.2) is 0 Å². The summed E-state index contributed by atoms with van der Waals surface area (Å²) in [5.74, 6) is 0.625. The number of hydrogen-bond acceptors (Lipinski definition) is 2. The molecule has 0 radical (unpaired) electrons. The lowest BCUT2D eigenvalue weighted by Gasteiger charge is -2.32. The zero-order chi connectivity index (χ0) is 17.4. The van der Waals surface area contributed by atoms with Gasteiger partial charge in [0.1, 0.15) is 30.2 Å². The van der Waals surface area contributed by atoms with Gasteiger partial charge in [-0.05, 0) is 55.0 Å². The maximum absolute atomic E-state index is 13.4. The molecule has 3 nitrogen and oxygen atoms in total. The minimum absolute atomic E-state index is 0.208. The molecule has 1 aromatic heterocycles. The average molecular weight is 340 g/mol. The van der Waals surface area contributed by atoms with Crippen LogP contribution in [-0.4, -0.2) is 26.2 Å². The number of pyridine rings is 1. The molecule has 0 atom stereocenters. The molecule has 1 aliphatic heterocycles. The summed E-state index contributed by atoms with van der Waals surface area (Å²) in [5, 5.41) is 0.911. The standard InChI is InChI=1S/C20H19F2N3/c1-14-12-20(23-19-7-4-16(22)13-18(14)19)25-10-8-24(9-11-25)17-5-2-15(21)3-6-17/h2-7,12-13H,8-11H2,1H3/p+1. The number of nitrogens with one attached hydrogen (secondary N) is 1. The highest BCUT2D eigenvalue weighted by atomic mass is 19.1. The van der Waals surface area contributed by atoms with Crippen LogP contribution in [0.2, 0.25) is 0 Å². The average Bonchev–Trinajstić information content (AvgIpc) is 2.63. The van der Waals surface area contributed by atoms with Gasteiger partial charge in [0.2, 0.25) is 0 Å². The van der Waals surface area contributed by atoms with Gasteiger partial charge in [-0.1, -0.05) is 0 Å². The third-order valence-electron chi connectivity index (χ3n) is 4.83. The Bertz CT molecular complexity index is 901. The molecule has 1 fully saturated rings. The maximum atomic E-state index is 13.4. The van der Waals surface area contributed by atoms with Crippen LogP contribution in [0.1, 0.15) is 5.56 Å². The first kappa shape index (κ1) is 15.8. The summed E-state index contributed by atoms with van der Waals surface area (Å²) in [5.41, 5.74) is 3.05. The Balaban J connectivity index is 1.53. The van der Waals surface area contributed by atoms with E-state index in [1.165, 1.54) is 18.2 Å². The summed E-state index contributed by atoms with van der Waals surface area (Å²) >= 11 is 0. The normalized spacial score (nSPS) is 15.0. The number of benzene rings is 2. The summed E-state index contributed by atoms with van der Waals surface area (Å²) in [6.45, 7) is 5.51. The van der Waals surface area contributed by atoms with Crippen LogP contribution >= 0.6 is 0 Å². The Morgan fingerprint density at radius 3 is 2.16 bits per heavy atom. The van der Waals surface area contributed by atoms with E-state index >= 15 is 0 Å². The van der Waals surface area contributed by atoms with Crippen molar-refractivity contribution in [3.8, 4) is 0 Å². The van der Waals surface area contributed by atoms with E-state index in [0.717, 1.165) is 54.2 Å². The quantitative estimate of drug-likeness (QED) is 0.711. The van der Waals surface area contributed by atoms with Crippen molar-refractivity contribution < 1.29 is 13.8 Å². The van der Waals surface area contributed by atoms with Crippen LogP contribution in [0.3, 0.4) is 0 Å². The third kappa shape index (κ3) is 3.14. The SMILES string of the molecule is Cc1cc(N2CCN(c3ccc(F)cc3)CC2)[nH+]c2ccc(F)cc12. The van der Waals surface area contributed by atoms with Crippen molar-refractivity contribution in [3.63, 3.8) is 0 Å². The van der Waals surface area contributed by atoms with Gasteiger partial charge in [-0.25, -0.2) is 13.8 Å². The molecule has 1 N–H and O–H groups in total. The second kappa shape index (κ2) is 6.31. The number of hydrogen-bond donors (Lipinski definition) is 0. The van der Waals surface area contributed by atoms with E-state index in [1.807, 2.05) is 19.1 Å². The molecular formula is C20H20F2N3+. The number of H-pyrrole nitrogens is 1. The van der Waals surface area contributed by atoms with Crippen molar-refractivity contribution in [2.24, 2.45) is 0 Å². The fraction of sp³-hybridized carbons (Fsp3) is 0.250. The molecule has 3 aromatic rings. The maximum Gasteiger partial charge on any atom is 0.275 e. The van der Waals surface area contributed by atoms with Crippen molar-refractivity contribution >= 4 is 22.4 Å². The largest absolute Gasteiger partial charge is 0.364 e. The number of rotatable bonds is 2. The van der Waals surface area contributed by atoms with E-state index in [4.69, 9.17) is 0 Å². The molecule has 2 heterocycles. The Labute approximate surface area is 145 Å². The van der Waals surface area contributed by atoms with E-state index < -0.39 is 0 Å². The first-order chi connectivity index (χ1) is 12.1. The molecule has 5 heteroatoms. The van der Waals surface area contributed by atoms with Crippen LogP contribution in [0, 0.1) is 18.6 Å². The summed E-state index contributed by atoms with van der Waals surface area (Å²) < 4.78 is 26.5. The van der Waals surface area contributed by atoms with Gasteiger partial charge < -0.3 is 4.90 Å². The van der Waals surface area contributed by atoms with Crippen LogP contribution in [0.15, 0.2) is 48.5 Å². The van der Waals surface area contributed by atoms with Gasteiger partial charge in [0, 0.05) is 17.1 Å². The second-order valence-corrected chi connectivity index (χ2v) is 6.48. The number of aryl methyl sites for hydroxylation is 1.